The molecule has 0 radical (unpaired) electrons. The van der Waals surface area contributed by atoms with Gasteiger partial charge in [-0.1, -0.05) is 0 Å². The molecule has 0 amide bonds. The Morgan fingerprint density at radius 1 is 1.71 bits per heavy atom. The van der Waals surface area contributed by atoms with Crippen molar-refractivity contribution < 1.29 is 9.90 Å². The number of nitrogens with zero attached hydrogens (tertiary/aromatic N) is 1. The van der Waals surface area contributed by atoms with E-state index in [9.17, 15) is 4.79 Å². The van der Waals surface area contributed by atoms with Gasteiger partial charge in [0.1, 0.15) is 0 Å². The minimum absolute atomic E-state index is 0.165. The van der Waals surface area contributed by atoms with Crippen LogP contribution in [0.15, 0.2) is 18.5 Å². The van der Waals surface area contributed by atoms with Crippen molar-refractivity contribution in [1.82, 2.24) is 4.98 Å². The van der Waals surface area contributed by atoms with Gasteiger partial charge >= 0.3 is 5.97 Å². The average Bonchev–Trinajstić information content (AvgIpc) is 2.02. The van der Waals surface area contributed by atoms with Crippen molar-refractivity contribution in [2.24, 2.45) is 5.73 Å². The molecule has 0 fully saturated rings. The Kier molecular flexibility index (Phi) is 2.71. The number of carbonyl (C=O) groups is 1. The highest BCUT2D eigenvalue weighted by molar-refractivity contribution is 5.69. The molecule has 1 aromatic rings. The topological polar surface area (TPSA) is 102 Å². The quantitative estimate of drug-likeness (QED) is 0.644. The fourth-order valence-electron chi connectivity index (χ4n) is 1.34. The van der Waals surface area contributed by atoms with E-state index in [1.54, 1.807) is 19.2 Å². The van der Waals surface area contributed by atoms with Crippen LogP contribution < -0.4 is 11.5 Å². The van der Waals surface area contributed by atoms with Crippen molar-refractivity contribution in [3.8, 4) is 0 Å². The van der Waals surface area contributed by atoms with Crippen LogP contribution in [0.4, 0.5) is 5.69 Å². The van der Waals surface area contributed by atoms with Crippen LogP contribution in [0.25, 0.3) is 0 Å². The molecule has 0 aliphatic rings. The molecule has 0 aliphatic heterocycles. The fraction of sp³-hybridized carbons (Fsp3) is 0.333. The summed E-state index contributed by atoms with van der Waals surface area (Å²) >= 11 is 0. The van der Waals surface area contributed by atoms with Crippen molar-refractivity contribution >= 4 is 11.7 Å². The second-order valence-electron chi connectivity index (χ2n) is 3.45. The summed E-state index contributed by atoms with van der Waals surface area (Å²) in [7, 11) is 0. The Bertz CT molecular complexity index is 350. The number of aliphatic carboxylic acids is 1. The van der Waals surface area contributed by atoms with E-state index in [1.807, 2.05) is 0 Å². The number of nitrogen functional groups attached to an aromatic ring is 1. The number of nitrogens with two attached hydrogens (primary N) is 2. The highest BCUT2D eigenvalue weighted by Gasteiger charge is 2.26. The van der Waals surface area contributed by atoms with E-state index in [0.29, 0.717) is 11.3 Å². The smallest absolute Gasteiger partial charge is 0.305 e. The number of carboxylic acid groups (broad SMARTS) is 1. The largest absolute Gasteiger partial charge is 0.481 e. The standard InChI is InChI=1S/C9H13N3O2/c1-9(11,4-8(13)14)6-2-3-12-5-7(6)10/h2-3,5H,4,10-11H2,1H3,(H,13,14)/t9-/m1/s1. The number of carboxylic acids is 1. The van der Waals surface area contributed by atoms with Gasteiger partial charge in [-0.2, -0.15) is 0 Å². The number of anilines is 1. The third-order valence-corrected chi connectivity index (χ3v) is 1.99. The van der Waals surface area contributed by atoms with Gasteiger partial charge in [0.2, 0.25) is 0 Å². The van der Waals surface area contributed by atoms with Gasteiger partial charge in [-0.3, -0.25) is 9.78 Å². The molecule has 0 saturated carbocycles. The summed E-state index contributed by atoms with van der Waals surface area (Å²) < 4.78 is 0. The van der Waals surface area contributed by atoms with Crippen LogP contribution in [-0.2, 0) is 10.3 Å². The lowest BCUT2D eigenvalue weighted by atomic mass is 9.89. The zero-order valence-electron chi connectivity index (χ0n) is 7.90. The highest BCUT2D eigenvalue weighted by Crippen LogP contribution is 2.25. The van der Waals surface area contributed by atoms with Gasteiger partial charge in [-0.05, 0) is 18.6 Å². The SMILES string of the molecule is C[C@@](N)(CC(=O)O)c1ccncc1N. The summed E-state index contributed by atoms with van der Waals surface area (Å²) in [4.78, 5) is 14.4. The Morgan fingerprint density at radius 2 is 2.36 bits per heavy atom. The molecule has 0 aromatic carbocycles. The van der Waals surface area contributed by atoms with E-state index in [0.717, 1.165) is 0 Å². The lowest BCUT2D eigenvalue weighted by molar-refractivity contribution is -0.138. The van der Waals surface area contributed by atoms with Crippen molar-refractivity contribution in [2.75, 3.05) is 5.73 Å². The van der Waals surface area contributed by atoms with E-state index in [1.165, 1.54) is 6.20 Å². The highest BCUT2D eigenvalue weighted by atomic mass is 16.4. The molecule has 1 heterocycles. The van der Waals surface area contributed by atoms with Crippen LogP contribution in [0.2, 0.25) is 0 Å². The van der Waals surface area contributed by atoms with Gasteiger partial charge in [0.25, 0.3) is 0 Å². The van der Waals surface area contributed by atoms with Crippen molar-refractivity contribution in [3.63, 3.8) is 0 Å². The monoisotopic (exact) mass is 195 g/mol. The van der Waals surface area contributed by atoms with E-state index in [-0.39, 0.29) is 6.42 Å². The van der Waals surface area contributed by atoms with Crippen molar-refractivity contribution in [3.05, 3.63) is 24.0 Å². The van der Waals surface area contributed by atoms with Gasteiger partial charge < -0.3 is 16.6 Å². The molecule has 0 saturated heterocycles. The zero-order valence-corrected chi connectivity index (χ0v) is 7.90. The number of hydrogen-bond donors (Lipinski definition) is 3. The van der Waals surface area contributed by atoms with E-state index < -0.39 is 11.5 Å². The summed E-state index contributed by atoms with van der Waals surface area (Å²) in [5.74, 6) is -0.953. The second-order valence-corrected chi connectivity index (χ2v) is 3.45. The molecular weight excluding hydrogens is 182 g/mol. The van der Waals surface area contributed by atoms with E-state index in [2.05, 4.69) is 4.98 Å². The molecule has 1 aromatic heterocycles. The summed E-state index contributed by atoms with van der Waals surface area (Å²) in [5, 5.41) is 8.66. The molecule has 0 aliphatic carbocycles. The predicted molar refractivity (Wildman–Crippen MR) is 52.4 cm³/mol. The molecule has 0 spiro atoms. The van der Waals surface area contributed by atoms with E-state index in [4.69, 9.17) is 16.6 Å². The fourth-order valence-corrected chi connectivity index (χ4v) is 1.34. The minimum atomic E-state index is -0.959. The lowest BCUT2D eigenvalue weighted by Gasteiger charge is -2.24. The Balaban J connectivity index is 3.03. The number of pyridine rings is 1. The molecule has 14 heavy (non-hydrogen) atoms. The molecule has 5 heteroatoms. The molecule has 1 rings (SSSR count). The third kappa shape index (κ3) is 2.20. The first-order chi connectivity index (χ1) is 6.43. The zero-order chi connectivity index (χ0) is 10.8. The molecule has 1 atom stereocenters. The van der Waals surface area contributed by atoms with Gasteiger partial charge in [0.15, 0.2) is 0 Å². The van der Waals surface area contributed by atoms with Crippen LogP contribution in [-0.4, -0.2) is 16.1 Å². The minimum Gasteiger partial charge on any atom is -0.481 e. The summed E-state index contributed by atoms with van der Waals surface area (Å²) in [6.07, 6.45) is 2.84. The number of hydrogen-bond acceptors (Lipinski definition) is 4. The maximum atomic E-state index is 10.6. The van der Waals surface area contributed by atoms with Crippen LogP contribution in [0, 0.1) is 0 Å². The third-order valence-electron chi connectivity index (χ3n) is 1.99. The Labute approximate surface area is 81.7 Å². The van der Waals surface area contributed by atoms with Crippen LogP contribution >= 0.6 is 0 Å². The first-order valence-electron chi connectivity index (χ1n) is 4.14. The maximum Gasteiger partial charge on any atom is 0.305 e. The maximum absolute atomic E-state index is 10.6. The van der Waals surface area contributed by atoms with Gasteiger partial charge in [-0.25, -0.2) is 0 Å². The van der Waals surface area contributed by atoms with Crippen molar-refractivity contribution in [1.29, 1.82) is 0 Å². The van der Waals surface area contributed by atoms with Gasteiger partial charge in [-0.15, -0.1) is 0 Å². The number of aromatic nitrogens is 1. The first kappa shape index (κ1) is 10.5. The van der Waals surface area contributed by atoms with Gasteiger partial charge in [0.05, 0.1) is 23.8 Å². The predicted octanol–water partition coefficient (Wildman–Crippen LogP) is 0.312. The van der Waals surface area contributed by atoms with Crippen LogP contribution in [0.1, 0.15) is 18.9 Å². The Morgan fingerprint density at radius 3 is 2.86 bits per heavy atom. The molecule has 0 unspecified atom stereocenters. The first-order valence-corrected chi connectivity index (χ1v) is 4.14. The summed E-state index contributed by atoms with van der Waals surface area (Å²) in [6.45, 7) is 1.63. The summed E-state index contributed by atoms with van der Waals surface area (Å²) in [5.41, 5.74) is 11.6. The van der Waals surface area contributed by atoms with Crippen molar-refractivity contribution in [2.45, 2.75) is 18.9 Å². The number of rotatable bonds is 3. The molecule has 0 bridgehead atoms. The summed E-state index contributed by atoms with van der Waals surface area (Å²) in [6, 6.07) is 1.64. The molecular formula is C9H13N3O2. The molecule has 5 N–H and O–H groups in total. The molecule has 5 nitrogen and oxygen atoms in total. The Hall–Kier alpha value is -1.62. The lowest BCUT2D eigenvalue weighted by Crippen LogP contribution is -2.36. The average molecular weight is 195 g/mol. The van der Waals surface area contributed by atoms with E-state index >= 15 is 0 Å². The van der Waals surface area contributed by atoms with Gasteiger partial charge in [0, 0.05) is 6.20 Å². The van der Waals surface area contributed by atoms with Crippen LogP contribution in [0.5, 0.6) is 0 Å². The normalized spacial score (nSPS) is 14.7. The molecule has 76 valence electrons. The van der Waals surface area contributed by atoms with Crippen LogP contribution in [0.3, 0.4) is 0 Å². The second kappa shape index (κ2) is 3.63.